The molecule has 2 fully saturated rings. The van der Waals surface area contributed by atoms with Gasteiger partial charge < -0.3 is 9.84 Å². The summed E-state index contributed by atoms with van der Waals surface area (Å²) >= 11 is 0. The number of rotatable bonds is 3. The van der Waals surface area contributed by atoms with Crippen molar-refractivity contribution >= 4 is 10.0 Å². The monoisotopic (exact) mass is 291 g/mol. The van der Waals surface area contributed by atoms with E-state index in [1.54, 1.807) is 4.31 Å². The van der Waals surface area contributed by atoms with E-state index >= 15 is 0 Å². The molecule has 19 heavy (non-hydrogen) atoms. The van der Waals surface area contributed by atoms with Gasteiger partial charge in [0.05, 0.1) is 18.0 Å². The zero-order valence-electron chi connectivity index (χ0n) is 11.8. The minimum Gasteiger partial charge on any atom is -0.390 e. The van der Waals surface area contributed by atoms with Crippen LogP contribution in [0.1, 0.15) is 39.0 Å². The molecule has 6 heteroatoms. The lowest BCUT2D eigenvalue weighted by Crippen LogP contribution is -2.45. The Labute approximate surface area is 116 Å². The van der Waals surface area contributed by atoms with Gasteiger partial charge in [0.15, 0.2) is 0 Å². The van der Waals surface area contributed by atoms with E-state index in [1.165, 1.54) is 6.26 Å². The number of nitrogens with zero attached hydrogens (tertiary/aromatic N) is 1. The highest BCUT2D eigenvalue weighted by molar-refractivity contribution is 7.88. The molecule has 0 amide bonds. The Kier molecular flexibility index (Phi) is 4.55. The van der Waals surface area contributed by atoms with Crippen molar-refractivity contribution in [3.05, 3.63) is 0 Å². The molecule has 0 radical (unpaired) electrons. The summed E-state index contributed by atoms with van der Waals surface area (Å²) in [6.07, 6.45) is 5.25. The molecule has 2 saturated heterocycles. The van der Waals surface area contributed by atoms with Gasteiger partial charge in [0, 0.05) is 26.1 Å². The van der Waals surface area contributed by atoms with Crippen LogP contribution >= 0.6 is 0 Å². The molecule has 2 aliphatic heterocycles. The minimum atomic E-state index is -3.10. The fraction of sp³-hybridized carbons (Fsp3) is 1.00. The van der Waals surface area contributed by atoms with Crippen LogP contribution in [0.5, 0.6) is 0 Å². The number of sulfonamides is 1. The van der Waals surface area contributed by atoms with Gasteiger partial charge in [0.2, 0.25) is 10.0 Å². The SMILES string of the molecule is CC1CC(O)(CC2CCCN(S(C)(=O)=O)C2)CCO1. The van der Waals surface area contributed by atoms with Gasteiger partial charge in [-0.3, -0.25) is 0 Å². The van der Waals surface area contributed by atoms with Crippen LogP contribution in [-0.4, -0.2) is 55.5 Å². The van der Waals surface area contributed by atoms with E-state index in [-0.39, 0.29) is 12.0 Å². The first-order chi connectivity index (χ1) is 8.78. The highest BCUT2D eigenvalue weighted by Crippen LogP contribution is 2.34. The van der Waals surface area contributed by atoms with Crippen LogP contribution in [0.25, 0.3) is 0 Å². The van der Waals surface area contributed by atoms with Crippen LogP contribution in [0, 0.1) is 5.92 Å². The fourth-order valence-corrected chi connectivity index (χ4v) is 4.31. The molecule has 0 aromatic rings. The van der Waals surface area contributed by atoms with Crippen LogP contribution in [0.2, 0.25) is 0 Å². The third-order valence-electron chi connectivity index (χ3n) is 4.26. The molecule has 0 spiro atoms. The quantitative estimate of drug-likeness (QED) is 0.841. The van der Waals surface area contributed by atoms with Gasteiger partial charge in [0.1, 0.15) is 0 Å². The maximum Gasteiger partial charge on any atom is 0.211 e. The molecule has 0 bridgehead atoms. The number of hydrogen-bond donors (Lipinski definition) is 1. The largest absolute Gasteiger partial charge is 0.390 e. The zero-order valence-corrected chi connectivity index (χ0v) is 12.7. The molecule has 2 aliphatic rings. The average molecular weight is 291 g/mol. The van der Waals surface area contributed by atoms with E-state index in [4.69, 9.17) is 4.74 Å². The zero-order chi connectivity index (χ0) is 14.1. The number of ether oxygens (including phenoxy) is 1. The highest BCUT2D eigenvalue weighted by Gasteiger charge is 2.37. The molecule has 3 unspecified atom stereocenters. The van der Waals surface area contributed by atoms with E-state index in [0.717, 1.165) is 12.8 Å². The van der Waals surface area contributed by atoms with E-state index in [1.807, 2.05) is 6.92 Å². The smallest absolute Gasteiger partial charge is 0.211 e. The van der Waals surface area contributed by atoms with Gasteiger partial charge in [-0.1, -0.05) is 0 Å². The van der Waals surface area contributed by atoms with Crippen molar-refractivity contribution in [2.45, 2.75) is 50.7 Å². The van der Waals surface area contributed by atoms with Crippen molar-refractivity contribution in [1.29, 1.82) is 0 Å². The van der Waals surface area contributed by atoms with Gasteiger partial charge in [-0.15, -0.1) is 0 Å². The Morgan fingerprint density at radius 1 is 1.47 bits per heavy atom. The lowest BCUT2D eigenvalue weighted by molar-refractivity contribution is -0.109. The van der Waals surface area contributed by atoms with Crippen LogP contribution in [0.3, 0.4) is 0 Å². The summed E-state index contributed by atoms with van der Waals surface area (Å²) in [6, 6.07) is 0. The van der Waals surface area contributed by atoms with Gasteiger partial charge in [0.25, 0.3) is 0 Å². The van der Waals surface area contributed by atoms with E-state index < -0.39 is 15.6 Å². The van der Waals surface area contributed by atoms with Crippen molar-refractivity contribution in [3.8, 4) is 0 Å². The van der Waals surface area contributed by atoms with E-state index in [2.05, 4.69) is 0 Å². The van der Waals surface area contributed by atoms with Gasteiger partial charge in [-0.25, -0.2) is 12.7 Å². The van der Waals surface area contributed by atoms with Crippen molar-refractivity contribution in [3.63, 3.8) is 0 Å². The first kappa shape index (κ1) is 15.2. The lowest BCUT2D eigenvalue weighted by atomic mass is 9.80. The van der Waals surface area contributed by atoms with Crippen molar-refractivity contribution < 1.29 is 18.3 Å². The molecule has 0 aromatic carbocycles. The number of hydrogen-bond acceptors (Lipinski definition) is 4. The average Bonchev–Trinajstić information content (AvgIpc) is 2.27. The van der Waals surface area contributed by atoms with Gasteiger partial charge in [-0.2, -0.15) is 0 Å². The van der Waals surface area contributed by atoms with Crippen LogP contribution in [0.15, 0.2) is 0 Å². The summed E-state index contributed by atoms with van der Waals surface area (Å²) in [5.74, 6) is 0.263. The van der Waals surface area contributed by atoms with E-state index in [9.17, 15) is 13.5 Å². The minimum absolute atomic E-state index is 0.0911. The maximum atomic E-state index is 11.6. The standard InChI is InChI=1S/C13H25NO4S/c1-11-8-13(15,5-7-18-11)9-12-4-3-6-14(10-12)19(2,16)17/h11-12,15H,3-10H2,1-2H3. The summed E-state index contributed by atoms with van der Waals surface area (Å²) in [5.41, 5.74) is -0.678. The Bertz CT molecular complexity index is 411. The molecule has 2 rings (SSSR count). The molecular formula is C13H25NO4S. The first-order valence-electron chi connectivity index (χ1n) is 7.08. The maximum absolute atomic E-state index is 11.6. The van der Waals surface area contributed by atoms with Crippen LogP contribution < -0.4 is 0 Å². The summed E-state index contributed by atoms with van der Waals surface area (Å²) < 4.78 is 30.2. The topological polar surface area (TPSA) is 66.8 Å². The Balaban J connectivity index is 1.95. The normalized spacial score (nSPS) is 38.3. The van der Waals surface area contributed by atoms with Crippen molar-refractivity contribution in [2.75, 3.05) is 26.0 Å². The third kappa shape index (κ3) is 4.15. The molecule has 3 atom stereocenters. The summed E-state index contributed by atoms with van der Waals surface area (Å²) in [5, 5.41) is 10.6. The summed E-state index contributed by atoms with van der Waals surface area (Å²) in [6.45, 7) is 3.75. The Hall–Kier alpha value is -0.170. The van der Waals surface area contributed by atoms with Crippen molar-refractivity contribution in [1.82, 2.24) is 4.31 Å². The molecule has 2 heterocycles. The molecule has 0 saturated carbocycles. The second kappa shape index (κ2) is 5.68. The second-order valence-electron chi connectivity index (χ2n) is 6.19. The predicted molar refractivity (Wildman–Crippen MR) is 73.4 cm³/mol. The summed E-state index contributed by atoms with van der Waals surface area (Å²) in [4.78, 5) is 0. The molecular weight excluding hydrogens is 266 g/mol. The molecule has 112 valence electrons. The summed E-state index contributed by atoms with van der Waals surface area (Å²) in [7, 11) is -3.10. The van der Waals surface area contributed by atoms with E-state index in [0.29, 0.717) is 39.0 Å². The number of piperidine rings is 1. The van der Waals surface area contributed by atoms with Gasteiger partial charge >= 0.3 is 0 Å². The number of aliphatic hydroxyl groups is 1. The van der Waals surface area contributed by atoms with Crippen molar-refractivity contribution in [2.24, 2.45) is 5.92 Å². The highest BCUT2D eigenvalue weighted by atomic mass is 32.2. The van der Waals surface area contributed by atoms with Gasteiger partial charge in [-0.05, 0) is 38.5 Å². The van der Waals surface area contributed by atoms with Crippen LogP contribution in [-0.2, 0) is 14.8 Å². The lowest BCUT2D eigenvalue weighted by Gasteiger charge is -2.40. The molecule has 0 aliphatic carbocycles. The Morgan fingerprint density at radius 2 is 2.21 bits per heavy atom. The molecule has 0 aromatic heterocycles. The molecule has 1 N–H and O–H groups in total. The third-order valence-corrected chi connectivity index (χ3v) is 5.53. The Morgan fingerprint density at radius 3 is 2.84 bits per heavy atom. The molecule has 5 nitrogen and oxygen atoms in total. The first-order valence-corrected chi connectivity index (χ1v) is 8.92. The predicted octanol–water partition coefficient (Wildman–Crippen LogP) is 0.978. The second-order valence-corrected chi connectivity index (χ2v) is 8.18. The van der Waals surface area contributed by atoms with Crippen LogP contribution in [0.4, 0.5) is 0 Å². The fourth-order valence-electron chi connectivity index (χ4n) is 3.36.